The van der Waals surface area contributed by atoms with Crippen LogP contribution in [0.5, 0.6) is 0 Å². The number of benzene rings is 2. The minimum absolute atomic E-state index is 0.671. The Balaban J connectivity index is 1.47. The molecule has 0 radical (unpaired) electrons. The first-order valence-electron chi connectivity index (χ1n) is 7.51. The predicted octanol–water partition coefficient (Wildman–Crippen LogP) is 2.93. The van der Waals surface area contributed by atoms with Gasteiger partial charge in [0.05, 0.1) is 0 Å². The second-order valence-corrected chi connectivity index (χ2v) is 5.90. The highest BCUT2D eigenvalue weighted by molar-refractivity contribution is 5.59. The van der Waals surface area contributed by atoms with Gasteiger partial charge in [-0.1, -0.05) is 48.5 Å². The zero-order chi connectivity index (χ0) is 13.4. The molecule has 1 saturated heterocycles. The number of fused-ring (bicyclic) bond motifs is 3. The second kappa shape index (κ2) is 4.95. The second-order valence-electron chi connectivity index (χ2n) is 5.90. The van der Waals surface area contributed by atoms with Crippen molar-refractivity contribution in [2.75, 3.05) is 24.5 Å². The van der Waals surface area contributed by atoms with Crippen molar-refractivity contribution in [3.8, 4) is 0 Å². The average Bonchev–Trinajstić information content (AvgIpc) is 2.86. The molecule has 0 bridgehead atoms. The third-order valence-electron chi connectivity index (χ3n) is 4.57. The zero-order valence-electron chi connectivity index (χ0n) is 11.7. The van der Waals surface area contributed by atoms with Crippen molar-refractivity contribution in [3.63, 3.8) is 0 Å². The third-order valence-corrected chi connectivity index (χ3v) is 4.57. The molecule has 1 unspecified atom stereocenters. The molecule has 2 heterocycles. The molecule has 2 aliphatic rings. The van der Waals surface area contributed by atoms with Gasteiger partial charge in [0.15, 0.2) is 0 Å². The van der Waals surface area contributed by atoms with E-state index >= 15 is 0 Å². The summed E-state index contributed by atoms with van der Waals surface area (Å²) in [6.07, 6.45) is 1.21. The molecule has 1 fully saturated rings. The van der Waals surface area contributed by atoms with E-state index in [0.717, 1.165) is 13.1 Å². The van der Waals surface area contributed by atoms with Crippen molar-refractivity contribution in [2.45, 2.75) is 19.0 Å². The van der Waals surface area contributed by atoms with Crippen molar-refractivity contribution in [3.05, 3.63) is 65.7 Å². The topological polar surface area (TPSA) is 6.48 Å². The lowest BCUT2D eigenvalue weighted by molar-refractivity contribution is 0.219. The van der Waals surface area contributed by atoms with Gasteiger partial charge in [-0.15, -0.1) is 0 Å². The molecule has 2 aromatic carbocycles. The highest BCUT2D eigenvalue weighted by Crippen LogP contribution is 2.33. The SMILES string of the molecule is c1ccc(CN2CCN3c4ccccc4CC3C2)cc1. The van der Waals surface area contributed by atoms with Gasteiger partial charge in [-0.2, -0.15) is 0 Å². The molecular weight excluding hydrogens is 244 g/mol. The summed E-state index contributed by atoms with van der Waals surface area (Å²) in [7, 11) is 0. The Hall–Kier alpha value is -1.80. The summed E-state index contributed by atoms with van der Waals surface area (Å²) < 4.78 is 0. The van der Waals surface area contributed by atoms with Crippen LogP contribution in [0.4, 0.5) is 5.69 Å². The minimum Gasteiger partial charge on any atom is -0.365 e. The lowest BCUT2D eigenvalue weighted by Gasteiger charge is -2.39. The minimum atomic E-state index is 0.671. The van der Waals surface area contributed by atoms with Crippen molar-refractivity contribution in [1.29, 1.82) is 0 Å². The number of hydrogen-bond acceptors (Lipinski definition) is 2. The molecule has 0 aromatic heterocycles. The van der Waals surface area contributed by atoms with E-state index in [9.17, 15) is 0 Å². The maximum Gasteiger partial charge on any atom is 0.0458 e. The van der Waals surface area contributed by atoms with Crippen LogP contribution >= 0.6 is 0 Å². The quantitative estimate of drug-likeness (QED) is 0.823. The molecule has 0 spiro atoms. The van der Waals surface area contributed by atoms with Gasteiger partial charge in [0.2, 0.25) is 0 Å². The van der Waals surface area contributed by atoms with Crippen LogP contribution in [-0.4, -0.2) is 30.6 Å². The highest BCUT2D eigenvalue weighted by atomic mass is 15.3. The predicted molar refractivity (Wildman–Crippen MR) is 83.0 cm³/mol. The molecule has 2 aromatic rings. The van der Waals surface area contributed by atoms with Gasteiger partial charge in [-0.25, -0.2) is 0 Å². The average molecular weight is 264 g/mol. The van der Waals surface area contributed by atoms with Crippen LogP contribution in [0.2, 0.25) is 0 Å². The summed E-state index contributed by atoms with van der Waals surface area (Å²) in [5.74, 6) is 0. The van der Waals surface area contributed by atoms with Crippen molar-refractivity contribution < 1.29 is 0 Å². The molecule has 102 valence electrons. The molecule has 2 heteroatoms. The van der Waals surface area contributed by atoms with Crippen molar-refractivity contribution >= 4 is 5.69 Å². The largest absolute Gasteiger partial charge is 0.365 e. The van der Waals surface area contributed by atoms with Crippen molar-refractivity contribution in [1.82, 2.24) is 4.90 Å². The first-order valence-corrected chi connectivity index (χ1v) is 7.51. The molecule has 4 rings (SSSR count). The Morgan fingerprint density at radius 2 is 1.70 bits per heavy atom. The Bertz CT molecular complexity index is 593. The first kappa shape index (κ1) is 12.0. The zero-order valence-corrected chi connectivity index (χ0v) is 11.7. The van der Waals surface area contributed by atoms with Crippen LogP contribution in [0.15, 0.2) is 54.6 Å². The number of anilines is 1. The van der Waals surface area contributed by atoms with Crippen LogP contribution < -0.4 is 4.90 Å². The summed E-state index contributed by atoms with van der Waals surface area (Å²) in [6, 6.07) is 20.4. The summed E-state index contributed by atoms with van der Waals surface area (Å²) >= 11 is 0. The monoisotopic (exact) mass is 264 g/mol. The first-order chi connectivity index (χ1) is 9.90. The van der Waals surface area contributed by atoms with Crippen LogP contribution in [0, 0.1) is 0 Å². The normalized spacial score (nSPS) is 21.6. The number of hydrogen-bond donors (Lipinski definition) is 0. The fourth-order valence-electron chi connectivity index (χ4n) is 3.61. The van der Waals surface area contributed by atoms with E-state index in [-0.39, 0.29) is 0 Å². The number of para-hydroxylation sites is 1. The molecule has 0 amide bonds. The molecule has 20 heavy (non-hydrogen) atoms. The number of nitrogens with zero attached hydrogens (tertiary/aromatic N) is 2. The molecule has 0 aliphatic carbocycles. The van der Waals surface area contributed by atoms with E-state index in [4.69, 9.17) is 0 Å². The van der Waals surface area contributed by atoms with Gasteiger partial charge in [0.1, 0.15) is 0 Å². The number of rotatable bonds is 2. The van der Waals surface area contributed by atoms with Crippen LogP contribution in [0.1, 0.15) is 11.1 Å². The van der Waals surface area contributed by atoms with Gasteiger partial charge in [0.25, 0.3) is 0 Å². The van der Waals surface area contributed by atoms with Gasteiger partial charge >= 0.3 is 0 Å². The Morgan fingerprint density at radius 1 is 0.900 bits per heavy atom. The van der Waals surface area contributed by atoms with E-state index in [1.165, 1.54) is 36.3 Å². The van der Waals surface area contributed by atoms with Gasteiger partial charge in [0, 0.05) is 37.9 Å². The molecule has 0 saturated carbocycles. The smallest absolute Gasteiger partial charge is 0.0458 e. The Labute approximate surface area is 120 Å². The maximum atomic E-state index is 2.61. The Morgan fingerprint density at radius 3 is 2.60 bits per heavy atom. The summed E-state index contributed by atoms with van der Waals surface area (Å²) in [6.45, 7) is 4.60. The summed E-state index contributed by atoms with van der Waals surface area (Å²) in [5.41, 5.74) is 4.42. The molecular formula is C18H20N2. The van der Waals surface area contributed by atoms with Crippen molar-refractivity contribution in [2.24, 2.45) is 0 Å². The number of piperazine rings is 1. The van der Waals surface area contributed by atoms with E-state index in [1.807, 2.05) is 0 Å². The molecule has 2 aliphatic heterocycles. The van der Waals surface area contributed by atoms with Gasteiger partial charge in [-0.3, -0.25) is 4.90 Å². The summed E-state index contributed by atoms with van der Waals surface area (Å²) in [5, 5.41) is 0. The third kappa shape index (κ3) is 2.10. The van der Waals surface area contributed by atoms with Gasteiger partial charge in [-0.05, 0) is 23.6 Å². The van der Waals surface area contributed by atoms with E-state index in [1.54, 1.807) is 0 Å². The fourth-order valence-corrected chi connectivity index (χ4v) is 3.61. The Kier molecular flexibility index (Phi) is 2.96. The van der Waals surface area contributed by atoms with Crippen LogP contribution in [0.25, 0.3) is 0 Å². The fraction of sp³-hybridized carbons (Fsp3) is 0.333. The standard InChI is InChI=1S/C18H20N2/c1-2-6-15(7-3-1)13-19-10-11-20-17(14-19)12-16-8-4-5-9-18(16)20/h1-9,17H,10-14H2. The van der Waals surface area contributed by atoms with Gasteiger partial charge < -0.3 is 4.90 Å². The lowest BCUT2D eigenvalue weighted by Crippen LogP contribution is -2.51. The molecule has 0 N–H and O–H groups in total. The summed E-state index contributed by atoms with van der Waals surface area (Å²) in [4.78, 5) is 5.21. The molecule has 2 nitrogen and oxygen atoms in total. The van der Waals surface area contributed by atoms with E-state index < -0.39 is 0 Å². The van der Waals surface area contributed by atoms with Crippen LogP contribution in [-0.2, 0) is 13.0 Å². The highest BCUT2D eigenvalue weighted by Gasteiger charge is 2.33. The molecule has 1 atom stereocenters. The van der Waals surface area contributed by atoms with E-state index in [0.29, 0.717) is 6.04 Å². The van der Waals surface area contributed by atoms with Crippen LogP contribution in [0.3, 0.4) is 0 Å². The lowest BCUT2D eigenvalue weighted by atomic mass is 10.1. The maximum absolute atomic E-state index is 2.61. The van der Waals surface area contributed by atoms with E-state index in [2.05, 4.69) is 64.4 Å².